The van der Waals surface area contributed by atoms with E-state index in [4.69, 9.17) is 0 Å². The van der Waals surface area contributed by atoms with E-state index in [1.165, 1.54) is 23.3 Å². The highest BCUT2D eigenvalue weighted by Gasteiger charge is 2.22. The zero-order valence-corrected chi connectivity index (χ0v) is 11.4. The van der Waals surface area contributed by atoms with E-state index in [9.17, 15) is 14.5 Å². The molecule has 108 valence electrons. The van der Waals surface area contributed by atoms with Crippen LogP contribution >= 0.6 is 0 Å². The topological polar surface area (TPSA) is 55.2 Å². The second-order valence-corrected chi connectivity index (χ2v) is 5.18. The van der Waals surface area contributed by atoms with Crippen molar-refractivity contribution in [3.63, 3.8) is 0 Å². The fraction of sp³-hybridized carbons (Fsp3) is 0.250. The summed E-state index contributed by atoms with van der Waals surface area (Å²) >= 11 is 0. The molecule has 0 heterocycles. The molecule has 0 amide bonds. The molecule has 1 atom stereocenters. The minimum atomic E-state index is -0.749. The van der Waals surface area contributed by atoms with Crippen molar-refractivity contribution in [1.82, 2.24) is 5.32 Å². The number of hydrogen-bond donors (Lipinski definition) is 1. The van der Waals surface area contributed by atoms with E-state index in [-0.39, 0.29) is 12.6 Å². The van der Waals surface area contributed by atoms with Gasteiger partial charge < -0.3 is 5.32 Å². The fourth-order valence-electron chi connectivity index (χ4n) is 2.85. The highest BCUT2D eigenvalue weighted by molar-refractivity contribution is 5.37. The van der Waals surface area contributed by atoms with Crippen LogP contribution in [0.15, 0.2) is 42.5 Å². The third-order valence-corrected chi connectivity index (χ3v) is 3.93. The second kappa shape index (κ2) is 5.61. The minimum absolute atomic E-state index is 0.180. The first kappa shape index (κ1) is 13.7. The van der Waals surface area contributed by atoms with Crippen molar-refractivity contribution in [3.8, 4) is 0 Å². The number of benzene rings is 2. The lowest BCUT2D eigenvalue weighted by Crippen LogP contribution is -2.19. The van der Waals surface area contributed by atoms with E-state index >= 15 is 0 Å². The summed E-state index contributed by atoms with van der Waals surface area (Å²) in [6.45, 7) is 0.284. The van der Waals surface area contributed by atoms with Gasteiger partial charge in [-0.05, 0) is 24.0 Å². The molecule has 0 aliphatic heterocycles. The first-order valence-corrected chi connectivity index (χ1v) is 6.90. The summed E-state index contributed by atoms with van der Waals surface area (Å²) in [6, 6.07) is 12.6. The van der Waals surface area contributed by atoms with Gasteiger partial charge in [0, 0.05) is 24.2 Å². The number of halogens is 1. The van der Waals surface area contributed by atoms with Crippen LogP contribution in [-0.4, -0.2) is 4.92 Å². The second-order valence-electron chi connectivity index (χ2n) is 5.18. The van der Waals surface area contributed by atoms with Gasteiger partial charge in [-0.1, -0.05) is 36.4 Å². The molecule has 2 aromatic carbocycles. The molecule has 5 heteroatoms. The lowest BCUT2D eigenvalue weighted by molar-refractivity contribution is -0.387. The SMILES string of the molecule is O=[N+]([O-])c1cccc(CNC2CCc3ccccc32)c1F. The average Bonchev–Trinajstić information content (AvgIpc) is 2.89. The molecule has 0 fully saturated rings. The molecule has 2 aromatic rings. The Morgan fingerprint density at radius 2 is 2.05 bits per heavy atom. The number of hydrogen-bond acceptors (Lipinski definition) is 3. The molecule has 0 saturated heterocycles. The van der Waals surface area contributed by atoms with E-state index < -0.39 is 16.4 Å². The van der Waals surface area contributed by atoms with Crippen molar-refractivity contribution in [1.29, 1.82) is 0 Å². The van der Waals surface area contributed by atoms with E-state index in [0.717, 1.165) is 12.8 Å². The maximum atomic E-state index is 14.0. The third-order valence-electron chi connectivity index (χ3n) is 3.93. The fourth-order valence-corrected chi connectivity index (χ4v) is 2.85. The van der Waals surface area contributed by atoms with Crippen LogP contribution in [0.2, 0.25) is 0 Å². The smallest absolute Gasteiger partial charge is 0.305 e. The van der Waals surface area contributed by atoms with Crippen molar-refractivity contribution in [3.05, 3.63) is 75.1 Å². The average molecular weight is 286 g/mol. The van der Waals surface area contributed by atoms with Crippen LogP contribution < -0.4 is 5.32 Å². The molecule has 4 nitrogen and oxygen atoms in total. The Labute approximate surface area is 121 Å². The zero-order chi connectivity index (χ0) is 14.8. The van der Waals surface area contributed by atoms with Gasteiger partial charge in [-0.15, -0.1) is 0 Å². The minimum Gasteiger partial charge on any atom is -0.306 e. The quantitative estimate of drug-likeness (QED) is 0.691. The van der Waals surface area contributed by atoms with Crippen LogP contribution in [0.25, 0.3) is 0 Å². The maximum Gasteiger partial charge on any atom is 0.305 e. The Bertz CT molecular complexity index is 688. The Morgan fingerprint density at radius 1 is 1.24 bits per heavy atom. The Morgan fingerprint density at radius 3 is 2.86 bits per heavy atom. The summed E-state index contributed by atoms with van der Waals surface area (Å²) in [5.74, 6) is -0.749. The zero-order valence-electron chi connectivity index (χ0n) is 11.4. The van der Waals surface area contributed by atoms with Gasteiger partial charge in [0.15, 0.2) is 0 Å². The molecular formula is C16H15FN2O2. The van der Waals surface area contributed by atoms with Crippen molar-refractivity contribution in [2.75, 3.05) is 0 Å². The summed E-state index contributed by atoms with van der Waals surface area (Å²) < 4.78 is 14.0. The number of nitro benzene ring substituents is 1. The molecule has 21 heavy (non-hydrogen) atoms. The lowest BCUT2D eigenvalue weighted by atomic mass is 10.1. The normalized spacial score (nSPS) is 16.7. The number of nitrogens with one attached hydrogen (secondary N) is 1. The monoisotopic (exact) mass is 286 g/mol. The Kier molecular flexibility index (Phi) is 3.66. The molecule has 1 aliphatic carbocycles. The van der Waals surface area contributed by atoms with Gasteiger partial charge in [0.05, 0.1) is 4.92 Å². The number of rotatable bonds is 4. The van der Waals surface area contributed by atoms with Crippen molar-refractivity contribution >= 4 is 5.69 Å². The lowest BCUT2D eigenvalue weighted by Gasteiger charge is -2.14. The predicted molar refractivity (Wildman–Crippen MR) is 77.4 cm³/mol. The molecule has 1 aliphatic rings. The van der Waals surface area contributed by atoms with Crippen molar-refractivity contribution in [2.24, 2.45) is 0 Å². The van der Waals surface area contributed by atoms with Crippen molar-refractivity contribution < 1.29 is 9.31 Å². The van der Waals surface area contributed by atoms with E-state index in [1.807, 2.05) is 12.1 Å². The van der Waals surface area contributed by atoms with Crippen LogP contribution in [0.4, 0.5) is 10.1 Å². The summed E-state index contributed by atoms with van der Waals surface area (Å²) in [6.07, 6.45) is 1.97. The molecule has 0 aromatic heterocycles. The predicted octanol–water partition coefficient (Wildman–Crippen LogP) is 3.51. The third kappa shape index (κ3) is 2.64. The first-order chi connectivity index (χ1) is 10.2. The van der Waals surface area contributed by atoms with Crippen molar-refractivity contribution in [2.45, 2.75) is 25.4 Å². The number of nitro groups is 1. The highest BCUT2D eigenvalue weighted by Crippen LogP contribution is 2.31. The number of nitrogens with zero attached hydrogens (tertiary/aromatic N) is 1. The van der Waals surface area contributed by atoms with Crippen LogP contribution in [-0.2, 0) is 13.0 Å². The first-order valence-electron chi connectivity index (χ1n) is 6.90. The standard InChI is InChI=1S/C16H15FN2O2/c17-16-12(5-3-7-15(16)19(20)21)10-18-14-9-8-11-4-1-2-6-13(11)14/h1-7,14,18H,8-10H2. The summed E-state index contributed by atoms with van der Waals surface area (Å²) in [5.41, 5.74) is 2.41. The summed E-state index contributed by atoms with van der Waals surface area (Å²) in [5, 5.41) is 14.0. The summed E-state index contributed by atoms with van der Waals surface area (Å²) in [4.78, 5) is 10.1. The largest absolute Gasteiger partial charge is 0.306 e. The molecule has 1 unspecified atom stereocenters. The van der Waals surface area contributed by atoms with Crippen LogP contribution in [0, 0.1) is 15.9 Å². The van der Waals surface area contributed by atoms with Crippen LogP contribution in [0.3, 0.4) is 0 Å². The molecule has 3 rings (SSSR count). The van der Waals surface area contributed by atoms with Gasteiger partial charge >= 0.3 is 5.69 Å². The maximum absolute atomic E-state index is 14.0. The Hall–Kier alpha value is -2.27. The van der Waals surface area contributed by atoms with Gasteiger partial charge in [-0.2, -0.15) is 4.39 Å². The number of fused-ring (bicyclic) bond motifs is 1. The molecule has 0 radical (unpaired) electrons. The highest BCUT2D eigenvalue weighted by atomic mass is 19.1. The van der Waals surface area contributed by atoms with Crippen LogP contribution in [0.1, 0.15) is 29.2 Å². The van der Waals surface area contributed by atoms with Crippen LogP contribution in [0.5, 0.6) is 0 Å². The van der Waals surface area contributed by atoms with Gasteiger partial charge in [-0.25, -0.2) is 0 Å². The van der Waals surface area contributed by atoms with E-state index in [0.29, 0.717) is 5.56 Å². The Balaban J connectivity index is 1.75. The molecule has 0 saturated carbocycles. The van der Waals surface area contributed by atoms with E-state index in [2.05, 4.69) is 17.4 Å². The molecule has 0 spiro atoms. The molecular weight excluding hydrogens is 271 g/mol. The van der Waals surface area contributed by atoms with Gasteiger partial charge in [0.1, 0.15) is 0 Å². The molecule has 1 N–H and O–H groups in total. The van der Waals surface area contributed by atoms with Gasteiger partial charge in [-0.3, -0.25) is 10.1 Å². The summed E-state index contributed by atoms with van der Waals surface area (Å²) in [7, 11) is 0. The van der Waals surface area contributed by atoms with Gasteiger partial charge in [0.2, 0.25) is 5.82 Å². The number of aryl methyl sites for hydroxylation is 1. The van der Waals surface area contributed by atoms with Gasteiger partial charge in [0.25, 0.3) is 0 Å². The molecule has 0 bridgehead atoms. The van der Waals surface area contributed by atoms with E-state index in [1.54, 1.807) is 6.07 Å².